The topological polar surface area (TPSA) is 114 Å². The van der Waals surface area contributed by atoms with Gasteiger partial charge in [-0.25, -0.2) is 4.79 Å². The molecule has 10 heteroatoms. The number of benzene rings is 1. The number of nitrogens with zero attached hydrogens (tertiary/aromatic N) is 1. The number of rotatable bonds is 16. The summed E-state index contributed by atoms with van der Waals surface area (Å²) < 4.78 is 10.5. The van der Waals surface area contributed by atoms with Crippen molar-refractivity contribution >= 4 is 35.6 Å². The van der Waals surface area contributed by atoms with Crippen LogP contribution < -0.4 is 10.6 Å². The molecule has 3 unspecified atom stereocenters. The second-order valence-corrected chi connectivity index (χ2v) is 13.1. The number of ether oxygens (including phenoxy) is 2. The lowest BCUT2D eigenvalue weighted by Gasteiger charge is -2.39. The zero-order valence-corrected chi connectivity index (χ0v) is 28.1. The van der Waals surface area contributed by atoms with E-state index in [9.17, 15) is 19.2 Å². The van der Waals surface area contributed by atoms with Gasteiger partial charge in [0.2, 0.25) is 11.8 Å². The van der Waals surface area contributed by atoms with E-state index in [-0.39, 0.29) is 31.5 Å². The zero-order chi connectivity index (χ0) is 32.0. The molecule has 9 nitrogen and oxygen atoms in total. The van der Waals surface area contributed by atoms with E-state index in [4.69, 9.17) is 9.47 Å². The Balaban J connectivity index is 3.63. The van der Waals surface area contributed by atoms with Gasteiger partial charge >= 0.3 is 12.1 Å². The number of hydrogen-bond donors (Lipinski definition) is 2. The number of carbonyl (C=O) groups is 4. The molecule has 1 rings (SSSR count). The fraction of sp³-hybridized carbons (Fsp3) is 0.688. The van der Waals surface area contributed by atoms with Gasteiger partial charge in [-0.05, 0) is 96.8 Å². The van der Waals surface area contributed by atoms with Gasteiger partial charge in [0.05, 0.1) is 13.0 Å². The first-order chi connectivity index (χ1) is 19.6. The number of alkyl carbamates (subject to hydrolysis) is 1. The summed E-state index contributed by atoms with van der Waals surface area (Å²) >= 11 is 1.57. The third-order valence-electron chi connectivity index (χ3n) is 6.68. The Morgan fingerprint density at radius 3 is 2.26 bits per heavy atom. The highest BCUT2D eigenvalue weighted by atomic mass is 32.2. The number of nitrogens with one attached hydrogen (secondary N) is 2. The summed E-state index contributed by atoms with van der Waals surface area (Å²) in [6.07, 6.45) is 3.17. The molecule has 0 heterocycles. The van der Waals surface area contributed by atoms with E-state index in [1.54, 1.807) is 44.4 Å². The van der Waals surface area contributed by atoms with Gasteiger partial charge in [0, 0.05) is 12.6 Å². The Kier molecular flexibility index (Phi) is 16.0. The highest BCUT2D eigenvalue weighted by molar-refractivity contribution is 7.98. The lowest BCUT2D eigenvalue weighted by molar-refractivity contribution is -0.146. The molecule has 3 atom stereocenters. The van der Waals surface area contributed by atoms with Gasteiger partial charge in [0.25, 0.3) is 0 Å². The van der Waals surface area contributed by atoms with Gasteiger partial charge in [-0.1, -0.05) is 37.6 Å². The van der Waals surface area contributed by atoms with Gasteiger partial charge in [-0.3, -0.25) is 14.4 Å². The summed E-state index contributed by atoms with van der Waals surface area (Å²) in [7, 11) is 0. The molecular weight excluding hydrogens is 554 g/mol. The fourth-order valence-electron chi connectivity index (χ4n) is 4.52. The average Bonchev–Trinajstić information content (AvgIpc) is 2.88. The third-order valence-corrected chi connectivity index (χ3v) is 7.32. The van der Waals surface area contributed by atoms with Gasteiger partial charge < -0.3 is 25.0 Å². The predicted molar refractivity (Wildman–Crippen MR) is 169 cm³/mol. The summed E-state index contributed by atoms with van der Waals surface area (Å²) in [5, 5.41) is 5.67. The maximum Gasteiger partial charge on any atom is 0.408 e. The quantitative estimate of drug-likeness (QED) is 0.231. The molecule has 1 aromatic rings. The van der Waals surface area contributed by atoms with Crippen molar-refractivity contribution in [3.8, 4) is 0 Å². The highest BCUT2D eigenvalue weighted by Crippen LogP contribution is 2.30. The molecule has 0 aliphatic rings. The SMILES string of the molecule is CCOC(=O)CCNC(=O)C(c1cc(C)ccc1C)N(C(=O)C(CCSC)NC(=O)OC(C)(C)C)C(C)CCC(C)C. The summed E-state index contributed by atoms with van der Waals surface area (Å²) in [4.78, 5) is 55.0. The van der Waals surface area contributed by atoms with Crippen molar-refractivity contribution < 1.29 is 28.7 Å². The molecule has 0 saturated carbocycles. The number of hydrogen-bond acceptors (Lipinski definition) is 7. The van der Waals surface area contributed by atoms with E-state index in [0.717, 1.165) is 17.5 Å². The van der Waals surface area contributed by atoms with Crippen molar-refractivity contribution in [2.45, 2.75) is 112 Å². The van der Waals surface area contributed by atoms with Crippen LogP contribution in [-0.2, 0) is 23.9 Å². The van der Waals surface area contributed by atoms with Crippen LogP contribution in [0.25, 0.3) is 0 Å². The van der Waals surface area contributed by atoms with Crippen molar-refractivity contribution in [3.63, 3.8) is 0 Å². The van der Waals surface area contributed by atoms with E-state index in [1.807, 2.05) is 45.2 Å². The molecular formula is C32H53N3O6S. The van der Waals surface area contributed by atoms with E-state index in [2.05, 4.69) is 24.5 Å². The number of amides is 3. The lowest BCUT2D eigenvalue weighted by atomic mass is 9.93. The van der Waals surface area contributed by atoms with Crippen LogP contribution in [0.15, 0.2) is 18.2 Å². The minimum absolute atomic E-state index is 0.0203. The number of thioether (sulfide) groups is 1. The second-order valence-electron chi connectivity index (χ2n) is 12.2. The Morgan fingerprint density at radius 2 is 1.69 bits per heavy atom. The molecule has 3 amide bonds. The number of carbonyl (C=O) groups excluding carboxylic acids is 4. The Morgan fingerprint density at radius 1 is 1.02 bits per heavy atom. The van der Waals surface area contributed by atoms with Crippen molar-refractivity contribution in [1.82, 2.24) is 15.5 Å². The first-order valence-electron chi connectivity index (χ1n) is 14.9. The van der Waals surface area contributed by atoms with Gasteiger partial charge in [0.1, 0.15) is 17.7 Å². The molecule has 238 valence electrons. The average molecular weight is 608 g/mol. The Labute approximate surface area is 257 Å². The Hall–Kier alpha value is -2.75. The fourth-order valence-corrected chi connectivity index (χ4v) is 5.00. The van der Waals surface area contributed by atoms with Crippen molar-refractivity contribution in [3.05, 3.63) is 34.9 Å². The highest BCUT2D eigenvalue weighted by Gasteiger charge is 2.39. The second kappa shape index (κ2) is 18.0. The third kappa shape index (κ3) is 13.0. The van der Waals surface area contributed by atoms with E-state index in [0.29, 0.717) is 30.1 Å². The van der Waals surface area contributed by atoms with E-state index in [1.165, 1.54) is 0 Å². The molecule has 0 aromatic heterocycles. The summed E-state index contributed by atoms with van der Waals surface area (Å²) in [5.41, 5.74) is 1.78. The van der Waals surface area contributed by atoms with Crippen molar-refractivity contribution in [2.24, 2.45) is 5.92 Å². The molecule has 0 saturated heterocycles. The largest absolute Gasteiger partial charge is 0.466 e. The summed E-state index contributed by atoms with van der Waals surface area (Å²) in [6, 6.07) is 3.65. The van der Waals surface area contributed by atoms with Crippen LogP contribution in [0.3, 0.4) is 0 Å². The van der Waals surface area contributed by atoms with E-state index < -0.39 is 35.7 Å². The molecule has 42 heavy (non-hydrogen) atoms. The Bertz CT molecular complexity index is 1040. The van der Waals surface area contributed by atoms with Gasteiger partial charge in [0.15, 0.2) is 0 Å². The molecule has 0 radical (unpaired) electrons. The van der Waals surface area contributed by atoms with Crippen LogP contribution in [0.1, 0.15) is 96.9 Å². The molecule has 0 spiro atoms. The minimum atomic E-state index is -0.973. The molecule has 0 fully saturated rings. The molecule has 2 N–H and O–H groups in total. The molecule has 0 bridgehead atoms. The summed E-state index contributed by atoms with van der Waals surface area (Å²) in [6.45, 7) is 17.4. The zero-order valence-electron chi connectivity index (χ0n) is 27.3. The first kappa shape index (κ1) is 37.3. The molecule has 0 aliphatic carbocycles. The van der Waals surface area contributed by atoms with E-state index >= 15 is 0 Å². The van der Waals surface area contributed by atoms with Crippen LogP contribution in [0.2, 0.25) is 0 Å². The standard InChI is InChI=1S/C32H53N3O6S/c1-11-40-27(36)16-18-33-29(37)28(25-20-22(4)13-14-23(25)5)35(24(6)15-12-21(2)3)30(38)26(17-19-42-10)34-31(39)41-32(7,8)9/h13-14,20-21,24,26,28H,11-12,15-19H2,1-10H3,(H,33,37)(H,34,39). The first-order valence-corrected chi connectivity index (χ1v) is 16.3. The van der Waals surface area contributed by atoms with Crippen LogP contribution in [0, 0.1) is 19.8 Å². The monoisotopic (exact) mass is 607 g/mol. The van der Waals surface area contributed by atoms with Crippen LogP contribution in [0.4, 0.5) is 4.79 Å². The maximum atomic E-state index is 14.5. The molecule has 1 aromatic carbocycles. The summed E-state index contributed by atoms with van der Waals surface area (Å²) in [5.74, 6) is -0.122. The number of aryl methyl sites for hydroxylation is 2. The smallest absolute Gasteiger partial charge is 0.408 e. The van der Waals surface area contributed by atoms with Gasteiger partial charge in [-0.2, -0.15) is 11.8 Å². The van der Waals surface area contributed by atoms with Crippen molar-refractivity contribution in [1.29, 1.82) is 0 Å². The predicted octanol–water partition coefficient (Wildman–Crippen LogP) is 5.71. The minimum Gasteiger partial charge on any atom is -0.466 e. The maximum absolute atomic E-state index is 14.5. The normalized spacial score (nSPS) is 13.6. The van der Waals surface area contributed by atoms with Crippen LogP contribution in [-0.4, -0.2) is 71.6 Å². The van der Waals surface area contributed by atoms with Crippen LogP contribution >= 0.6 is 11.8 Å². The lowest BCUT2D eigenvalue weighted by Crippen LogP contribution is -2.56. The molecule has 0 aliphatic heterocycles. The van der Waals surface area contributed by atoms with Crippen LogP contribution in [0.5, 0.6) is 0 Å². The van der Waals surface area contributed by atoms with Gasteiger partial charge in [-0.15, -0.1) is 0 Å². The van der Waals surface area contributed by atoms with Crippen molar-refractivity contribution in [2.75, 3.05) is 25.2 Å². The number of esters is 1.